The first-order valence-electron chi connectivity index (χ1n) is 4.97. The van der Waals surface area contributed by atoms with Crippen LogP contribution in [0.25, 0.3) is 0 Å². The van der Waals surface area contributed by atoms with Gasteiger partial charge in [0.05, 0.1) is 6.61 Å². The second-order valence-corrected chi connectivity index (χ2v) is 4.66. The average Bonchev–Trinajstić information content (AvgIpc) is 2.74. The van der Waals surface area contributed by atoms with E-state index in [-0.39, 0.29) is 6.04 Å². The smallest absolute Gasteiger partial charge is 0.0513 e. The highest BCUT2D eigenvalue weighted by Gasteiger charge is 2.25. The lowest BCUT2D eigenvalue weighted by Gasteiger charge is -2.19. The van der Waals surface area contributed by atoms with E-state index in [0.29, 0.717) is 22.6 Å². The molecular formula is C11H13Cl2NO. The predicted octanol–water partition coefficient (Wildman–Crippen LogP) is 3.03. The summed E-state index contributed by atoms with van der Waals surface area (Å²) in [5, 5.41) is 1.35. The van der Waals surface area contributed by atoms with Crippen LogP contribution in [0.15, 0.2) is 18.2 Å². The van der Waals surface area contributed by atoms with Crippen molar-refractivity contribution >= 4 is 23.2 Å². The third kappa shape index (κ3) is 2.45. The van der Waals surface area contributed by atoms with Gasteiger partial charge in [-0.2, -0.15) is 0 Å². The van der Waals surface area contributed by atoms with Crippen molar-refractivity contribution in [3.63, 3.8) is 0 Å². The lowest BCUT2D eigenvalue weighted by molar-refractivity contribution is 0.181. The van der Waals surface area contributed by atoms with Gasteiger partial charge in [0.1, 0.15) is 0 Å². The summed E-state index contributed by atoms with van der Waals surface area (Å²) >= 11 is 12.0. The lowest BCUT2D eigenvalue weighted by Crippen LogP contribution is -2.21. The van der Waals surface area contributed by atoms with E-state index in [2.05, 4.69) is 0 Å². The van der Waals surface area contributed by atoms with Gasteiger partial charge in [0.25, 0.3) is 0 Å². The second-order valence-electron chi connectivity index (χ2n) is 3.82. The van der Waals surface area contributed by atoms with Crippen LogP contribution >= 0.6 is 23.2 Å². The quantitative estimate of drug-likeness (QED) is 0.870. The van der Waals surface area contributed by atoms with Crippen molar-refractivity contribution in [2.75, 3.05) is 13.2 Å². The van der Waals surface area contributed by atoms with Gasteiger partial charge in [-0.1, -0.05) is 23.2 Å². The zero-order chi connectivity index (χ0) is 10.8. The minimum atomic E-state index is -0.0845. The summed E-state index contributed by atoms with van der Waals surface area (Å²) in [6.07, 6.45) is 0.990. The van der Waals surface area contributed by atoms with Gasteiger partial charge in [0.15, 0.2) is 0 Å². The molecule has 15 heavy (non-hydrogen) atoms. The topological polar surface area (TPSA) is 35.2 Å². The molecule has 1 aliphatic heterocycles. The van der Waals surface area contributed by atoms with Crippen LogP contribution in [-0.4, -0.2) is 13.2 Å². The van der Waals surface area contributed by atoms with Gasteiger partial charge in [-0.25, -0.2) is 0 Å². The van der Waals surface area contributed by atoms with Gasteiger partial charge in [-0.3, -0.25) is 0 Å². The van der Waals surface area contributed by atoms with Crippen molar-refractivity contribution in [2.24, 2.45) is 11.7 Å². The van der Waals surface area contributed by atoms with Crippen molar-refractivity contribution < 1.29 is 4.74 Å². The number of benzene rings is 1. The standard InChI is InChI=1S/C11H13Cl2NO/c12-8-1-2-10(13)9(5-8)11(14)7-3-4-15-6-7/h1-2,5,7,11H,3-4,6,14H2. The van der Waals surface area contributed by atoms with E-state index in [1.807, 2.05) is 6.07 Å². The molecule has 2 unspecified atom stereocenters. The molecule has 0 radical (unpaired) electrons. The zero-order valence-corrected chi connectivity index (χ0v) is 9.76. The molecule has 0 aromatic heterocycles. The zero-order valence-electron chi connectivity index (χ0n) is 8.25. The van der Waals surface area contributed by atoms with E-state index in [4.69, 9.17) is 33.7 Å². The third-order valence-electron chi connectivity index (χ3n) is 2.79. The predicted molar refractivity (Wildman–Crippen MR) is 62.3 cm³/mol. The van der Waals surface area contributed by atoms with Crippen LogP contribution in [-0.2, 0) is 4.74 Å². The Balaban J connectivity index is 2.23. The molecule has 2 atom stereocenters. The number of ether oxygens (including phenoxy) is 1. The van der Waals surface area contributed by atoms with E-state index < -0.39 is 0 Å². The minimum Gasteiger partial charge on any atom is -0.381 e. The number of nitrogens with two attached hydrogens (primary N) is 1. The van der Waals surface area contributed by atoms with Gasteiger partial charge in [-0.15, -0.1) is 0 Å². The maximum absolute atomic E-state index is 6.15. The lowest BCUT2D eigenvalue weighted by atomic mass is 9.93. The molecule has 0 bridgehead atoms. The Bertz CT molecular complexity index is 350. The molecule has 0 saturated carbocycles. The molecule has 1 saturated heterocycles. The summed E-state index contributed by atoms with van der Waals surface area (Å²) in [6, 6.07) is 5.31. The fourth-order valence-corrected chi connectivity index (χ4v) is 2.28. The van der Waals surface area contributed by atoms with E-state index in [9.17, 15) is 0 Å². The molecule has 1 aromatic rings. The third-order valence-corrected chi connectivity index (χ3v) is 3.37. The van der Waals surface area contributed by atoms with Crippen LogP contribution in [0.4, 0.5) is 0 Å². The molecule has 1 aliphatic rings. The van der Waals surface area contributed by atoms with Crippen LogP contribution in [0.1, 0.15) is 18.0 Å². The Morgan fingerprint density at radius 2 is 2.20 bits per heavy atom. The first-order valence-corrected chi connectivity index (χ1v) is 5.72. The number of hydrogen-bond acceptors (Lipinski definition) is 2. The highest BCUT2D eigenvalue weighted by Crippen LogP contribution is 2.32. The highest BCUT2D eigenvalue weighted by molar-refractivity contribution is 6.33. The minimum absolute atomic E-state index is 0.0845. The molecular weight excluding hydrogens is 233 g/mol. The Kier molecular flexibility index (Phi) is 3.52. The Labute approximate surface area is 99.3 Å². The van der Waals surface area contributed by atoms with E-state index in [0.717, 1.165) is 18.6 Å². The Morgan fingerprint density at radius 1 is 1.40 bits per heavy atom. The highest BCUT2D eigenvalue weighted by atomic mass is 35.5. The summed E-state index contributed by atoms with van der Waals surface area (Å²) in [5.74, 6) is 0.348. The van der Waals surface area contributed by atoms with Gasteiger partial charge < -0.3 is 10.5 Å². The fraction of sp³-hybridized carbons (Fsp3) is 0.455. The molecule has 0 spiro atoms. The summed E-state index contributed by atoms with van der Waals surface area (Å²) in [4.78, 5) is 0. The summed E-state index contributed by atoms with van der Waals surface area (Å²) < 4.78 is 5.31. The van der Waals surface area contributed by atoms with Crippen LogP contribution in [0.5, 0.6) is 0 Å². The Morgan fingerprint density at radius 3 is 2.87 bits per heavy atom. The number of halogens is 2. The Hall–Kier alpha value is -0.280. The molecule has 0 aliphatic carbocycles. The van der Waals surface area contributed by atoms with Crippen molar-refractivity contribution in [1.29, 1.82) is 0 Å². The molecule has 82 valence electrons. The largest absolute Gasteiger partial charge is 0.381 e. The van der Waals surface area contributed by atoms with Crippen LogP contribution < -0.4 is 5.73 Å². The maximum atomic E-state index is 6.15. The second kappa shape index (κ2) is 4.71. The molecule has 4 heteroatoms. The van der Waals surface area contributed by atoms with Crippen molar-refractivity contribution in [3.8, 4) is 0 Å². The van der Waals surface area contributed by atoms with E-state index in [1.54, 1.807) is 12.1 Å². The summed E-state index contributed by atoms with van der Waals surface area (Å²) in [7, 11) is 0. The fourth-order valence-electron chi connectivity index (χ4n) is 1.86. The molecule has 1 heterocycles. The molecule has 2 rings (SSSR count). The number of hydrogen-bond donors (Lipinski definition) is 1. The molecule has 1 aromatic carbocycles. The van der Waals surface area contributed by atoms with Crippen LogP contribution in [0.2, 0.25) is 10.0 Å². The summed E-state index contributed by atoms with van der Waals surface area (Å²) in [5.41, 5.74) is 7.06. The number of rotatable bonds is 2. The van der Waals surface area contributed by atoms with Crippen molar-refractivity contribution in [1.82, 2.24) is 0 Å². The first-order chi connectivity index (χ1) is 7.18. The van der Waals surface area contributed by atoms with Crippen LogP contribution in [0, 0.1) is 5.92 Å². The SMILES string of the molecule is NC(c1cc(Cl)ccc1Cl)C1CCOC1. The van der Waals surface area contributed by atoms with Gasteiger partial charge in [0, 0.05) is 28.6 Å². The monoisotopic (exact) mass is 245 g/mol. The molecule has 2 N–H and O–H groups in total. The van der Waals surface area contributed by atoms with Gasteiger partial charge >= 0.3 is 0 Å². The van der Waals surface area contributed by atoms with Crippen molar-refractivity contribution in [2.45, 2.75) is 12.5 Å². The average molecular weight is 246 g/mol. The normalized spacial score (nSPS) is 23.0. The van der Waals surface area contributed by atoms with Gasteiger partial charge in [0.2, 0.25) is 0 Å². The van der Waals surface area contributed by atoms with Gasteiger partial charge in [-0.05, 0) is 30.2 Å². The van der Waals surface area contributed by atoms with Crippen LogP contribution in [0.3, 0.4) is 0 Å². The first kappa shape index (κ1) is 11.2. The molecule has 0 amide bonds. The van der Waals surface area contributed by atoms with Crippen molar-refractivity contribution in [3.05, 3.63) is 33.8 Å². The molecule has 1 fully saturated rings. The summed E-state index contributed by atoms with van der Waals surface area (Å²) in [6.45, 7) is 1.50. The molecule has 2 nitrogen and oxygen atoms in total. The van der Waals surface area contributed by atoms with E-state index in [1.165, 1.54) is 0 Å². The van der Waals surface area contributed by atoms with E-state index >= 15 is 0 Å². The maximum Gasteiger partial charge on any atom is 0.0513 e.